The predicted molar refractivity (Wildman–Crippen MR) is 124 cm³/mol. The first-order valence-electron chi connectivity index (χ1n) is 10.6. The van der Waals surface area contributed by atoms with Gasteiger partial charge in [0.15, 0.2) is 11.6 Å². The molecule has 0 radical (unpaired) electrons. The van der Waals surface area contributed by atoms with Crippen LogP contribution in [0.15, 0.2) is 73.7 Å². The molecule has 0 bridgehead atoms. The van der Waals surface area contributed by atoms with Crippen LogP contribution in [0.3, 0.4) is 0 Å². The molecule has 1 fully saturated rings. The Morgan fingerprint density at radius 2 is 2.09 bits per heavy atom. The molecule has 1 unspecified atom stereocenters. The molecule has 2 heterocycles. The number of amides is 1. The number of anilines is 1. The SMILES string of the molecule is C=CC(=O)N1CCCC(Nc2ncncc2C(=N)c2ccc(Oc3ccccc3)c(F)c2)C1. The fraction of sp³-hybridized carbons (Fsp3) is 0.200. The van der Waals surface area contributed by atoms with E-state index >= 15 is 0 Å². The van der Waals surface area contributed by atoms with E-state index in [-0.39, 0.29) is 23.4 Å². The van der Waals surface area contributed by atoms with E-state index in [0.717, 1.165) is 12.8 Å². The number of likely N-dealkylation sites (tertiary alicyclic amines) is 1. The third-order valence-corrected chi connectivity index (χ3v) is 5.42. The number of halogens is 1. The van der Waals surface area contributed by atoms with E-state index < -0.39 is 5.82 Å². The van der Waals surface area contributed by atoms with Crippen LogP contribution in [0.25, 0.3) is 0 Å². The van der Waals surface area contributed by atoms with Crippen LogP contribution in [-0.2, 0) is 4.79 Å². The van der Waals surface area contributed by atoms with Crippen molar-refractivity contribution >= 4 is 17.4 Å². The number of nitrogens with zero attached hydrogens (tertiary/aromatic N) is 3. The summed E-state index contributed by atoms with van der Waals surface area (Å²) in [5.74, 6) is 0.398. The van der Waals surface area contributed by atoms with Gasteiger partial charge in [0, 0.05) is 30.9 Å². The van der Waals surface area contributed by atoms with Gasteiger partial charge in [-0.05, 0) is 49.2 Å². The summed E-state index contributed by atoms with van der Waals surface area (Å²) in [5.41, 5.74) is 0.900. The van der Waals surface area contributed by atoms with Crippen LogP contribution in [0, 0.1) is 11.2 Å². The maximum atomic E-state index is 14.7. The highest BCUT2D eigenvalue weighted by Crippen LogP contribution is 2.27. The minimum Gasteiger partial charge on any atom is -0.454 e. The Morgan fingerprint density at radius 3 is 2.85 bits per heavy atom. The third kappa shape index (κ3) is 5.23. The molecule has 168 valence electrons. The van der Waals surface area contributed by atoms with Crippen LogP contribution in [0.5, 0.6) is 11.5 Å². The Bertz CT molecular complexity index is 1170. The molecule has 33 heavy (non-hydrogen) atoms. The number of para-hydroxylation sites is 1. The number of hydrogen-bond acceptors (Lipinski definition) is 6. The molecular formula is C25H24FN5O2. The normalized spacial score (nSPS) is 15.5. The molecule has 0 saturated carbocycles. The molecule has 1 amide bonds. The van der Waals surface area contributed by atoms with Crippen LogP contribution < -0.4 is 10.1 Å². The third-order valence-electron chi connectivity index (χ3n) is 5.42. The lowest BCUT2D eigenvalue weighted by molar-refractivity contribution is -0.127. The fourth-order valence-corrected chi connectivity index (χ4v) is 3.76. The van der Waals surface area contributed by atoms with Gasteiger partial charge in [-0.2, -0.15) is 0 Å². The minimum atomic E-state index is -0.571. The highest BCUT2D eigenvalue weighted by molar-refractivity contribution is 6.13. The van der Waals surface area contributed by atoms with Crippen LogP contribution >= 0.6 is 0 Å². The maximum absolute atomic E-state index is 14.7. The fourth-order valence-electron chi connectivity index (χ4n) is 3.76. The number of piperidine rings is 1. The zero-order valence-corrected chi connectivity index (χ0v) is 18.0. The Kier molecular flexibility index (Phi) is 6.73. The molecule has 2 aromatic carbocycles. The topological polar surface area (TPSA) is 91.2 Å². The van der Waals surface area contributed by atoms with Crippen molar-refractivity contribution in [3.8, 4) is 11.5 Å². The van der Waals surface area contributed by atoms with E-state index in [1.165, 1.54) is 30.7 Å². The van der Waals surface area contributed by atoms with Gasteiger partial charge in [-0.3, -0.25) is 10.2 Å². The van der Waals surface area contributed by atoms with Gasteiger partial charge in [0.1, 0.15) is 17.9 Å². The van der Waals surface area contributed by atoms with Gasteiger partial charge in [0.2, 0.25) is 5.91 Å². The molecule has 3 aromatic rings. The van der Waals surface area contributed by atoms with Crippen molar-refractivity contribution in [1.82, 2.24) is 14.9 Å². The maximum Gasteiger partial charge on any atom is 0.246 e. The van der Waals surface area contributed by atoms with Gasteiger partial charge in [0.25, 0.3) is 0 Å². The van der Waals surface area contributed by atoms with Crippen molar-refractivity contribution in [2.24, 2.45) is 0 Å². The summed E-state index contributed by atoms with van der Waals surface area (Å²) in [6, 6.07) is 13.3. The quantitative estimate of drug-likeness (QED) is 0.415. The van der Waals surface area contributed by atoms with Crippen LogP contribution in [0.4, 0.5) is 10.2 Å². The molecule has 0 spiro atoms. The van der Waals surface area contributed by atoms with Crippen LogP contribution in [0.2, 0.25) is 0 Å². The number of benzene rings is 2. The number of carbonyl (C=O) groups is 1. The van der Waals surface area contributed by atoms with Gasteiger partial charge < -0.3 is 15.0 Å². The van der Waals surface area contributed by atoms with Gasteiger partial charge in [0.05, 0.1) is 11.3 Å². The first kappa shape index (κ1) is 22.1. The van der Waals surface area contributed by atoms with Crippen LogP contribution in [-0.4, -0.2) is 45.6 Å². The van der Waals surface area contributed by atoms with Crippen molar-refractivity contribution in [1.29, 1.82) is 5.41 Å². The Morgan fingerprint density at radius 1 is 1.27 bits per heavy atom. The van der Waals surface area contributed by atoms with E-state index in [4.69, 9.17) is 10.1 Å². The summed E-state index contributed by atoms with van der Waals surface area (Å²) < 4.78 is 20.3. The lowest BCUT2D eigenvalue weighted by Crippen LogP contribution is -2.44. The summed E-state index contributed by atoms with van der Waals surface area (Å²) in [6.45, 7) is 4.75. The molecule has 1 saturated heterocycles. The minimum absolute atomic E-state index is 0.0255. The standard InChI is InChI=1S/C25H24FN5O2/c1-2-23(32)31-12-6-7-18(15-31)30-25-20(14-28-16-29-25)24(27)17-10-11-22(21(26)13-17)33-19-8-4-3-5-9-19/h2-5,8-11,13-14,16,18,27H,1,6-7,12,15H2,(H,28,29,30). The number of ether oxygens (including phenoxy) is 1. The Hall–Kier alpha value is -4.07. The number of rotatable bonds is 7. The molecular weight excluding hydrogens is 421 g/mol. The Labute approximate surface area is 191 Å². The lowest BCUT2D eigenvalue weighted by Gasteiger charge is -2.33. The van der Waals surface area contributed by atoms with Gasteiger partial charge in [-0.1, -0.05) is 24.8 Å². The molecule has 8 heteroatoms. The predicted octanol–water partition coefficient (Wildman–Crippen LogP) is 4.41. The summed E-state index contributed by atoms with van der Waals surface area (Å²) in [6.07, 6.45) is 5.94. The second-order valence-electron chi connectivity index (χ2n) is 7.69. The zero-order valence-electron chi connectivity index (χ0n) is 18.0. The number of hydrogen-bond donors (Lipinski definition) is 2. The summed E-state index contributed by atoms with van der Waals surface area (Å²) in [4.78, 5) is 22.1. The van der Waals surface area contributed by atoms with Gasteiger partial charge in [-0.15, -0.1) is 0 Å². The highest BCUT2D eigenvalue weighted by atomic mass is 19.1. The monoisotopic (exact) mass is 445 g/mol. The van der Waals surface area contributed by atoms with E-state index in [2.05, 4.69) is 21.9 Å². The average Bonchev–Trinajstić information content (AvgIpc) is 2.85. The lowest BCUT2D eigenvalue weighted by atomic mass is 10.0. The van der Waals surface area contributed by atoms with E-state index in [1.54, 1.807) is 35.2 Å². The number of carbonyl (C=O) groups excluding carboxylic acids is 1. The van der Waals surface area contributed by atoms with Gasteiger partial charge in [-0.25, -0.2) is 14.4 Å². The number of aromatic nitrogens is 2. The summed E-state index contributed by atoms with van der Waals surface area (Å²) in [7, 11) is 0. The van der Waals surface area contributed by atoms with Crippen molar-refractivity contribution in [3.63, 3.8) is 0 Å². The Balaban J connectivity index is 1.51. The molecule has 0 aliphatic carbocycles. The molecule has 1 atom stereocenters. The van der Waals surface area contributed by atoms with E-state index in [9.17, 15) is 9.18 Å². The smallest absolute Gasteiger partial charge is 0.246 e. The molecule has 2 N–H and O–H groups in total. The molecule has 4 rings (SSSR count). The first-order chi connectivity index (χ1) is 16.0. The van der Waals surface area contributed by atoms with Crippen molar-refractivity contribution in [3.05, 3.63) is 90.7 Å². The molecule has 1 aliphatic heterocycles. The van der Waals surface area contributed by atoms with Crippen LogP contribution in [0.1, 0.15) is 24.0 Å². The zero-order chi connectivity index (χ0) is 23.2. The molecule has 1 aliphatic rings. The molecule has 7 nitrogen and oxygen atoms in total. The van der Waals surface area contributed by atoms with Gasteiger partial charge >= 0.3 is 0 Å². The summed E-state index contributed by atoms with van der Waals surface area (Å²) in [5, 5.41) is 12.0. The number of nitrogens with one attached hydrogen (secondary N) is 2. The first-order valence-corrected chi connectivity index (χ1v) is 10.6. The second-order valence-corrected chi connectivity index (χ2v) is 7.69. The molecule has 1 aromatic heterocycles. The van der Waals surface area contributed by atoms with Crippen molar-refractivity contribution in [2.45, 2.75) is 18.9 Å². The largest absolute Gasteiger partial charge is 0.454 e. The highest BCUT2D eigenvalue weighted by Gasteiger charge is 2.24. The van der Waals surface area contributed by atoms with E-state index in [0.29, 0.717) is 35.8 Å². The van der Waals surface area contributed by atoms with E-state index in [1.807, 2.05) is 6.07 Å². The average molecular weight is 445 g/mol. The summed E-state index contributed by atoms with van der Waals surface area (Å²) >= 11 is 0. The van der Waals surface area contributed by atoms with Crippen molar-refractivity contribution < 1.29 is 13.9 Å². The van der Waals surface area contributed by atoms with Crippen molar-refractivity contribution in [2.75, 3.05) is 18.4 Å². The second kappa shape index (κ2) is 10.0.